The summed E-state index contributed by atoms with van der Waals surface area (Å²) in [5.41, 5.74) is 0. The molecule has 1 heterocycles. The molecule has 1 fully saturated rings. The van der Waals surface area contributed by atoms with E-state index in [1.54, 1.807) is 0 Å². The van der Waals surface area contributed by atoms with E-state index in [1.807, 2.05) is 6.92 Å². The van der Waals surface area contributed by atoms with Gasteiger partial charge in [0.15, 0.2) is 0 Å². The van der Waals surface area contributed by atoms with Gasteiger partial charge in [-0.15, -0.1) is 0 Å². The lowest BCUT2D eigenvalue weighted by atomic mass is 10.1. The van der Waals surface area contributed by atoms with Crippen molar-refractivity contribution in [2.24, 2.45) is 0 Å². The molecule has 0 amide bonds. The van der Waals surface area contributed by atoms with Gasteiger partial charge in [-0.1, -0.05) is 13.8 Å². The summed E-state index contributed by atoms with van der Waals surface area (Å²) in [5, 5.41) is 0. The maximum absolute atomic E-state index is 11.8. The summed E-state index contributed by atoms with van der Waals surface area (Å²) in [4.78, 5) is 16.5. The van der Waals surface area contributed by atoms with E-state index in [0.717, 1.165) is 32.6 Å². The summed E-state index contributed by atoms with van der Waals surface area (Å²) < 4.78 is 5.13. The Labute approximate surface area is 105 Å². The van der Waals surface area contributed by atoms with Crippen LogP contribution < -0.4 is 0 Å². The molecule has 17 heavy (non-hydrogen) atoms. The maximum Gasteiger partial charge on any atom is 0.323 e. The Hall–Kier alpha value is -0.610. The maximum atomic E-state index is 11.8. The van der Waals surface area contributed by atoms with Crippen molar-refractivity contribution in [3.8, 4) is 0 Å². The molecule has 0 radical (unpaired) electrons. The van der Waals surface area contributed by atoms with Crippen LogP contribution in [-0.4, -0.2) is 61.1 Å². The van der Waals surface area contributed by atoms with E-state index in [0.29, 0.717) is 6.61 Å². The predicted molar refractivity (Wildman–Crippen MR) is 69.0 cm³/mol. The van der Waals surface area contributed by atoms with Crippen LogP contribution in [0.1, 0.15) is 33.6 Å². The van der Waals surface area contributed by atoms with Crippen molar-refractivity contribution in [2.45, 2.75) is 39.7 Å². The zero-order valence-electron chi connectivity index (χ0n) is 11.4. The van der Waals surface area contributed by atoms with Crippen molar-refractivity contribution in [1.29, 1.82) is 0 Å². The fourth-order valence-corrected chi connectivity index (χ4v) is 2.43. The number of nitrogens with zero attached hydrogens (tertiary/aromatic N) is 2. The predicted octanol–water partition coefficient (Wildman–Crippen LogP) is 1.36. The Morgan fingerprint density at radius 3 is 2.29 bits per heavy atom. The van der Waals surface area contributed by atoms with Crippen molar-refractivity contribution in [2.75, 3.05) is 39.3 Å². The second-order valence-corrected chi connectivity index (χ2v) is 4.55. The van der Waals surface area contributed by atoms with Crippen molar-refractivity contribution in [1.82, 2.24) is 9.80 Å². The summed E-state index contributed by atoms with van der Waals surface area (Å²) in [5.74, 6) is -0.0565. The van der Waals surface area contributed by atoms with E-state index in [4.69, 9.17) is 4.74 Å². The van der Waals surface area contributed by atoms with E-state index < -0.39 is 0 Å². The van der Waals surface area contributed by atoms with E-state index in [2.05, 4.69) is 23.6 Å². The molecule has 0 saturated carbocycles. The Kier molecular flexibility index (Phi) is 6.52. The molecule has 1 aliphatic rings. The SMILES string of the molecule is CCCN1CCN(C(CC)C(=O)OCC)CC1. The Bertz CT molecular complexity index is 225. The summed E-state index contributed by atoms with van der Waals surface area (Å²) in [6, 6.07) is -0.0428. The molecule has 0 aromatic rings. The third-order valence-electron chi connectivity index (χ3n) is 3.33. The van der Waals surface area contributed by atoms with Crippen LogP contribution in [0.3, 0.4) is 0 Å². The summed E-state index contributed by atoms with van der Waals surface area (Å²) in [7, 11) is 0. The van der Waals surface area contributed by atoms with Gasteiger partial charge >= 0.3 is 5.97 Å². The number of piperazine rings is 1. The van der Waals surface area contributed by atoms with Crippen molar-refractivity contribution in [3.05, 3.63) is 0 Å². The van der Waals surface area contributed by atoms with Crippen LogP contribution >= 0.6 is 0 Å². The van der Waals surface area contributed by atoms with Crippen LogP contribution in [0.4, 0.5) is 0 Å². The van der Waals surface area contributed by atoms with Crippen LogP contribution in [0.25, 0.3) is 0 Å². The number of carbonyl (C=O) groups is 1. The smallest absolute Gasteiger partial charge is 0.323 e. The van der Waals surface area contributed by atoms with Gasteiger partial charge in [-0.3, -0.25) is 9.69 Å². The zero-order valence-corrected chi connectivity index (χ0v) is 11.4. The molecule has 1 saturated heterocycles. The molecule has 1 atom stereocenters. The monoisotopic (exact) mass is 242 g/mol. The van der Waals surface area contributed by atoms with E-state index in [-0.39, 0.29) is 12.0 Å². The first-order valence-electron chi connectivity index (χ1n) is 6.85. The molecular weight excluding hydrogens is 216 g/mol. The molecule has 1 unspecified atom stereocenters. The largest absolute Gasteiger partial charge is 0.465 e. The van der Waals surface area contributed by atoms with Crippen molar-refractivity contribution < 1.29 is 9.53 Å². The molecule has 4 nitrogen and oxygen atoms in total. The average Bonchev–Trinajstić information content (AvgIpc) is 2.33. The summed E-state index contributed by atoms with van der Waals surface area (Å²) >= 11 is 0. The molecule has 4 heteroatoms. The molecule has 0 aromatic heterocycles. The molecule has 0 bridgehead atoms. The molecule has 0 spiro atoms. The van der Waals surface area contributed by atoms with Crippen LogP contribution in [0.2, 0.25) is 0 Å². The van der Waals surface area contributed by atoms with Crippen LogP contribution in [0.5, 0.6) is 0 Å². The first-order valence-corrected chi connectivity index (χ1v) is 6.85. The second-order valence-electron chi connectivity index (χ2n) is 4.55. The van der Waals surface area contributed by atoms with E-state index in [1.165, 1.54) is 13.0 Å². The molecule has 0 aliphatic carbocycles. The van der Waals surface area contributed by atoms with Gasteiger partial charge < -0.3 is 9.64 Å². The second kappa shape index (κ2) is 7.67. The number of hydrogen-bond acceptors (Lipinski definition) is 4. The zero-order chi connectivity index (χ0) is 12.7. The molecule has 100 valence electrons. The number of hydrogen-bond donors (Lipinski definition) is 0. The minimum Gasteiger partial charge on any atom is -0.465 e. The topological polar surface area (TPSA) is 32.8 Å². The Morgan fingerprint density at radius 2 is 1.82 bits per heavy atom. The highest BCUT2D eigenvalue weighted by Crippen LogP contribution is 2.11. The number of ether oxygens (including phenoxy) is 1. The van der Waals surface area contributed by atoms with Crippen LogP contribution in [0, 0.1) is 0 Å². The van der Waals surface area contributed by atoms with Gasteiger partial charge in [-0.2, -0.15) is 0 Å². The van der Waals surface area contributed by atoms with Crippen LogP contribution in [0.15, 0.2) is 0 Å². The number of carbonyl (C=O) groups excluding carboxylic acids is 1. The van der Waals surface area contributed by atoms with E-state index >= 15 is 0 Å². The van der Waals surface area contributed by atoms with Gasteiger partial charge in [0.05, 0.1) is 6.61 Å². The highest BCUT2D eigenvalue weighted by atomic mass is 16.5. The third kappa shape index (κ3) is 4.28. The Balaban J connectivity index is 2.42. The summed E-state index contributed by atoms with van der Waals surface area (Å²) in [6.07, 6.45) is 2.04. The number of esters is 1. The lowest BCUT2D eigenvalue weighted by Gasteiger charge is -2.37. The minimum atomic E-state index is -0.0565. The van der Waals surface area contributed by atoms with Gasteiger partial charge in [-0.25, -0.2) is 0 Å². The van der Waals surface area contributed by atoms with Gasteiger partial charge in [-0.05, 0) is 26.3 Å². The molecule has 1 aliphatic heterocycles. The summed E-state index contributed by atoms with van der Waals surface area (Å²) in [6.45, 7) is 11.9. The van der Waals surface area contributed by atoms with Gasteiger partial charge in [0.2, 0.25) is 0 Å². The van der Waals surface area contributed by atoms with Crippen molar-refractivity contribution in [3.63, 3.8) is 0 Å². The van der Waals surface area contributed by atoms with Gasteiger partial charge in [0.25, 0.3) is 0 Å². The molecule has 0 N–H and O–H groups in total. The van der Waals surface area contributed by atoms with Crippen molar-refractivity contribution >= 4 is 5.97 Å². The van der Waals surface area contributed by atoms with Crippen LogP contribution in [-0.2, 0) is 9.53 Å². The molecule has 1 rings (SSSR count). The fraction of sp³-hybridized carbons (Fsp3) is 0.923. The highest BCUT2D eigenvalue weighted by Gasteiger charge is 2.28. The first-order chi connectivity index (χ1) is 8.22. The normalized spacial score (nSPS) is 20.2. The molecule has 0 aromatic carbocycles. The number of rotatable bonds is 6. The lowest BCUT2D eigenvalue weighted by molar-refractivity contribution is -0.150. The average molecular weight is 242 g/mol. The fourth-order valence-electron chi connectivity index (χ4n) is 2.43. The lowest BCUT2D eigenvalue weighted by Crippen LogP contribution is -2.52. The first kappa shape index (κ1) is 14.5. The highest BCUT2D eigenvalue weighted by molar-refractivity contribution is 5.75. The van der Waals surface area contributed by atoms with E-state index in [9.17, 15) is 4.79 Å². The molecular formula is C13H26N2O2. The Morgan fingerprint density at radius 1 is 1.18 bits per heavy atom. The minimum absolute atomic E-state index is 0.0428. The third-order valence-corrected chi connectivity index (χ3v) is 3.33. The van der Waals surface area contributed by atoms with Gasteiger partial charge in [0, 0.05) is 26.2 Å². The standard InChI is InChI=1S/C13H26N2O2/c1-4-7-14-8-10-15(11-9-14)12(5-2)13(16)17-6-3/h12H,4-11H2,1-3H3. The van der Waals surface area contributed by atoms with Gasteiger partial charge in [0.1, 0.15) is 6.04 Å². The quantitative estimate of drug-likeness (QED) is 0.658.